The third-order valence-corrected chi connectivity index (χ3v) is 3.03. The molecule has 0 bridgehead atoms. The van der Waals surface area contributed by atoms with Gasteiger partial charge in [-0.25, -0.2) is 0 Å². The Kier molecular flexibility index (Phi) is 3.56. The average Bonchev–Trinajstić information content (AvgIpc) is 2.56. The Labute approximate surface area is 101 Å². The lowest BCUT2D eigenvalue weighted by molar-refractivity contribution is -0.0228. The lowest BCUT2D eigenvalue weighted by Crippen LogP contribution is -2.32. The number of halogens is 1. The SMILES string of the molecule is OC[C@H]1O[C@H](c2cncc(Br)c2)[C@@H](O)[C@H]1O. The van der Waals surface area contributed by atoms with Crippen molar-refractivity contribution in [2.75, 3.05) is 6.61 Å². The molecule has 0 spiro atoms. The summed E-state index contributed by atoms with van der Waals surface area (Å²) in [5.41, 5.74) is 0.664. The third-order valence-electron chi connectivity index (χ3n) is 2.60. The van der Waals surface area contributed by atoms with Gasteiger partial charge in [0.05, 0.1) is 6.61 Å². The second kappa shape index (κ2) is 4.77. The molecule has 0 amide bonds. The zero-order valence-electron chi connectivity index (χ0n) is 8.32. The molecule has 0 saturated carbocycles. The maximum Gasteiger partial charge on any atom is 0.113 e. The highest BCUT2D eigenvalue weighted by atomic mass is 79.9. The molecule has 1 aliphatic heterocycles. The van der Waals surface area contributed by atoms with Crippen LogP contribution >= 0.6 is 15.9 Å². The number of aliphatic hydroxyl groups excluding tert-OH is 3. The molecule has 88 valence electrons. The van der Waals surface area contributed by atoms with Crippen molar-refractivity contribution in [2.45, 2.75) is 24.4 Å². The summed E-state index contributed by atoms with van der Waals surface area (Å²) in [5.74, 6) is 0. The Morgan fingerprint density at radius 3 is 2.62 bits per heavy atom. The van der Waals surface area contributed by atoms with Gasteiger partial charge in [0.1, 0.15) is 24.4 Å². The van der Waals surface area contributed by atoms with Crippen LogP contribution in [0.2, 0.25) is 0 Å². The van der Waals surface area contributed by atoms with E-state index in [1.165, 1.54) is 0 Å². The number of pyridine rings is 1. The smallest absolute Gasteiger partial charge is 0.113 e. The quantitative estimate of drug-likeness (QED) is 0.714. The number of aromatic nitrogens is 1. The molecular weight excluding hydrogens is 278 g/mol. The van der Waals surface area contributed by atoms with Gasteiger partial charge in [-0.05, 0) is 22.0 Å². The monoisotopic (exact) mass is 289 g/mol. The molecule has 6 heteroatoms. The van der Waals surface area contributed by atoms with Gasteiger partial charge in [-0.2, -0.15) is 0 Å². The molecule has 0 aliphatic carbocycles. The summed E-state index contributed by atoms with van der Waals surface area (Å²) >= 11 is 3.26. The van der Waals surface area contributed by atoms with Crippen molar-refractivity contribution in [2.24, 2.45) is 0 Å². The van der Waals surface area contributed by atoms with E-state index < -0.39 is 24.4 Å². The van der Waals surface area contributed by atoms with Gasteiger partial charge in [-0.15, -0.1) is 0 Å². The predicted octanol–water partition coefficient (Wildman–Crippen LogP) is -0.00190. The first-order valence-electron chi connectivity index (χ1n) is 4.86. The number of ether oxygens (including phenoxy) is 1. The highest BCUT2D eigenvalue weighted by Gasteiger charge is 2.43. The van der Waals surface area contributed by atoms with Crippen LogP contribution in [-0.4, -0.2) is 45.2 Å². The molecule has 16 heavy (non-hydrogen) atoms. The first kappa shape index (κ1) is 11.9. The highest BCUT2D eigenvalue weighted by molar-refractivity contribution is 9.10. The zero-order valence-corrected chi connectivity index (χ0v) is 9.91. The van der Waals surface area contributed by atoms with Crippen LogP contribution in [-0.2, 0) is 4.74 Å². The maximum atomic E-state index is 9.77. The largest absolute Gasteiger partial charge is 0.394 e. The number of hydrogen-bond acceptors (Lipinski definition) is 5. The lowest BCUT2D eigenvalue weighted by Gasteiger charge is -2.14. The van der Waals surface area contributed by atoms with Crippen LogP contribution in [0.15, 0.2) is 22.9 Å². The summed E-state index contributed by atoms with van der Waals surface area (Å²) in [5, 5.41) is 28.3. The van der Waals surface area contributed by atoms with Gasteiger partial charge in [-0.3, -0.25) is 4.98 Å². The first-order chi connectivity index (χ1) is 7.63. The zero-order chi connectivity index (χ0) is 11.7. The van der Waals surface area contributed by atoms with Crippen LogP contribution in [0.4, 0.5) is 0 Å². The number of aliphatic hydroxyl groups is 3. The summed E-state index contributed by atoms with van der Waals surface area (Å²) in [6.45, 7) is -0.323. The minimum atomic E-state index is -1.08. The summed E-state index contributed by atoms with van der Waals surface area (Å²) in [7, 11) is 0. The van der Waals surface area contributed by atoms with E-state index in [1.54, 1.807) is 18.5 Å². The molecule has 3 N–H and O–H groups in total. The Morgan fingerprint density at radius 1 is 1.31 bits per heavy atom. The Morgan fingerprint density at radius 2 is 2.06 bits per heavy atom. The van der Waals surface area contributed by atoms with E-state index in [-0.39, 0.29) is 6.61 Å². The number of hydrogen-bond donors (Lipinski definition) is 3. The van der Waals surface area contributed by atoms with Crippen molar-refractivity contribution in [1.29, 1.82) is 0 Å². The number of rotatable bonds is 2. The van der Waals surface area contributed by atoms with Gasteiger partial charge in [0.25, 0.3) is 0 Å². The summed E-state index contributed by atoms with van der Waals surface area (Å²) in [6.07, 6.45) is -0.353. The summed E-state index contributed by atoms with van der Waals surface area (Å²) in [4.78, 5) is 3.96. The molecule has 1 aliphatic rings. The van der Waals surface area contributed by atoms with E-state index in [9.17, 15) is 10.2 Å². The van der Waals surface area contributed by atoms with Gasteiger partial charge in [0, 0.05) is 22.4 Å². The maximum absolute atomic E-state index is 9.77. The molecule has 1 aromatic heterocycles. The Balaban J connectivity index is 2.23. The molecule has 1 saturated heterocycles. The first-order valence-corrected chi connectivity index (χ1v) is 5.65. The van der Waals surface area contributed by atoms with E-state index in [1.807, 2.05) is 0 Å². The van der Waals surface area contributed by atoms with Crippen LogP contribution in [0.1, 0.15) is 11.7 Å². The molecule has 0 unspecified atom stereocenters. The Bertz CT molecular complexity index is 376. The van der Waals surface area contributed by atoms with Crippen molar-refractivity contribution in [1.82, 2.24) is 4.98 Å². The van der Waals surface area contributed by atoms with Crippen LogP contribution in [0.25, 0.3) is 0 Å². The molecule has 0 radical (unpaired) electrons. The van der Waals surface area contributed by atoms with Gasteiger partial charge in [0.2, 0.25) is 0 Å². The minimum Gasteiger partial charge on any atom is -0.394 e. The van der Waals surface area contributed by atoms with E-state index in [0.717, 1.165) is 4.47 Å². The molecule has 4 atom stereocenters. The van der Waals surface area contributed by atoms with E-state index >= 15 is 0 Å². The van der Waals surface area contributed by atoms with Crippen molar-refractivity contribution >= 4 is 15.9 Å². The fourth-order valence-electron chi connectivity index (χ4n) is 1.76. The second-order valence-corrected chi connectivity index (χ2v) is 4.61. The fourth-order valence-corrected chi connectivity index (χ4v) is 2.14. The van der Waals surface area contributed by atoms with E-state index in [4.69, 9.17) is 9.84 Å². The van der Waals surface area contributed by atoms with Crippen LogP contribution in [0, 0.1) is 0 Å². The van der Waals surface area contributed by atoms with Crippen molar-refractivity contribution in [3.05, 3.63) is 28.5 Å². The summed E-state index contributed by atoms with van der Waals surface area (Å²) in [6, 6.07) is 1.76. The number of nitrogens with zero attached hydrogens (tertiary/aromatic N) is 1. The predicted molar refractivity (Wildman–Crippen MR) is 58.7 cm³/mol. The van der Waals surface area contributed by atoms with Crippen LogP contribution < -0.4 is 0 Å². The summed E-state index contributed by atoms with van der Waals surface area (Å²) < 4.78 is 6.13. The van der Waals surface area contributed by atoms with Crippen molar-refractivity contribution in [3.8, 4) is 0 Å². The van der Waals surface area contributed by atoms with Gasteiger partial charge in [-0.1, -0.05) is 0 Å². The van der Waals surface area contributed by atoms with E-state index in [2.05, 4.69) is 20.9 Å². The van der Waals surface area contributed by atoms with Crippen LogP contribution in [0.5, 0.6) is 0 Å². The van der Waals surface area contributed by atoms with E-state index in [0.29, 0.717) is 5.56 Å². The van der Waals surface area contributed by atoms with Crippen LogP contribution in [0.3, 0.4) is 0 Å². The van der Waals surface area contributed by atoms with Gasteiger partial charge in [0.15, 0.2) is 0 Å². The highest BCUT2D eigenvalue weighted by Crippen LogP contribution is 2.33. The molecule has 1 aromatic rings. The molecule has 1 fully saturated rings. The minimum absolute atomic E-state index is 0.323. The molecular formula is C10H12BrNO4. The normalized spacial score (nSPS) is 34.2. The second-order valence-electron chi connectivity index (χ2n) is 3.70. The average molecular weight is 290 g/mol. The van der Waals surface area contributed by atoms with Gasteiger partial charge >= 0.3 is 0 Å². The topological polar surface area (TPSA) is 82.8 Å². The van der Waals surface area contributed by atoms with Gasteiger partial charge < -0.3 is 20.1 Å². The third kappa shape index (κ3) is 2.11. The Hall–Kier alpha value is -0.530. The molecule has 2 rings (SSSR count). The molecule has 5 nitrogen and oxygen atoms in total. The molecule has 0 aromatic carbocycles. The lowest BCUT2D eigenvalue weighted by atomic mass is 10.0. The fraction of sp³-hybridized carbons (Fsp3) is 0.500. The van der Waals surface area contributed by atoms with Crippen molar-refractivity contribution < 1.29 is 20.1 Å². The standard InChI is InChI=1S/C10H12BrNO4/c11-6-1-5(2-12-3-6)10-9(15)8(14)7(4-13)16-10/h1-3,7-10,13-15H,4H2/t7-,8+,9+,10-/m1/s1. The molecule has 2 heterocycles. The van der Waals surface area contributed by atoms with Crippen molar-refractivity contribution in [3.63, 3.8) is 0 Å².